The number of rotatable bonds is 5. The fourth-order valence-electron chi connectivity index (χ4n) is 1.80. The summed E-state index contributed by atoms with van der Waals surface area (Å²) < 4.78 is 0. The second-order valence-electron chi connectivity index (χ2n) is 3.62. The van der Waals surface area contributed by atoms with E-state index < -0.39 is 0 Å². The zero-order chi connectivity index (χ0) is 11.7. The van der Waals surface area contributed by atoms with Gasteiger partial charge in [-0.15, -0.1) is 0 Å². The molecule has 1 nitrogen and oxygen atoms in total. The van der Waals surface area contributed by atoms with Gasteiger partial charge in [0.25, 0.3) is 0 Å². The van der Waals surface area contributed by atoms with Crippen molar-refractivity contribution < 1.29 is 0 Å². The Morgan fingerprint density at radius 3 is 2.13 bits per heavy atom. The molecule has 0 radical (unpaired) electrons. The number of hydrogen-bond donors (Lipinski definition) is 0. The highest BCUT2D eigenvalue weighted by Gasteiger charge is 2.17. The summed E-state index contributed by atoms with van der Waals surface area (Å²) in [5, 5.41) is 1.04. The lowest BCUT2D eigenvalue weighted by Gasteiger charge is -2.31. The van der Waals surface area contributed by atoms with E-state index in [2.05, 4.69) is 34.7 Å². The van der Waals surface area contributed by atoms with Gasteiger partial charge in [0.2, 0.25) is 0 Å². The van der Waals surface area contributed by atoms with Crippen LogP contribution >= 0.6 is 15.9 Å². The van der Waals surface area contributed by atoms with E-state index in [-0.39, 0.29) is 0 Å². The summed E-state index contributed by atoms with van der Waals surface area (Å²) in [7, 11) is 0. The quantitative estimate of drug-likeness (QED) is 0.664. The molecule has 0 heterocycles. The summed E-state index contributed by atoms with van der Waals surface area (Å²) in [6.07, 6.45) is 5.31. The zero-order valence-corrected chi connectivity index (χ0v) is 12.4. The van der Waals surface area contributed by atoms with E-state index >= 15 is 0 Å². The van der Waals surface area contributed by atoms with Crippen molar-refractivity contribution in [3.05, 3.63) is 11.3 Å². The molecule has 0 saturated heterocycles. The van der Waals surface area contributed by atoms with Gasteiger partial charge in [-0.05, 0) is 32.6 Å². The van der Waals surface area contributed by atoms with Crippen LogP contribution in [0.25, 0.3) is 0 Å². The Bertz CT molecular complexity index is 181. The molecule has 0 atom stereocenters. The Hall–Kier alpha value is 0.0200. The van der Waals surface area contributed by atoms with Crippen molar-refractivity contribution in [2.24, 2.45) is 0 Å². The maximum absolute atomic E-state index is 3.60. The van der Waals surface area contributed by atoms with E-state index in [1.807, 2.05) is 13.8 Å². The second-order valence-corrected chi connectivity index (χ2v) is 4.18. The molecule has 0 aromatic rings. The molecule has 0 aromatic heterocycles. The van der Waals surface area contributed by atoms with Gasteiger partial charge in [0.1, 0.15) is 0 Å². The zero-order valence-electron chi connectivity index (χ0n) is 10.8. The Labute approximate surface area is 104 Å². The van der Waals surface area contributed by atoms with Crippen LogP contribution in [0.3, 0.4) is 0 Å². The molecule has 15 heavy (non-hydrogen) atoms. The summed E-state index contributed by atoms with van der Waals surface area (Å²) in [6.45, 7) is 10.9. The van der Waals surface area contributed by atoms with Crippen LogP contribution in [0.15, 0.2) is 11.3 Å². The van der Waals surface area contributed by atoms with Crippen LogP contribution in [0.2, 0.25) is 0 Å². The second kappa shape index (κ2) is 9.26. The first-order valence-electron chi connectivity index (χ1n) is 6.35. The number of allylic oxidation sites excluding steroid dienone is 2. The Morgan fingerprint density at radius 1 is 1.27 bits per heavy atom. The maximum atomic E-state index is 3.60. The molecular formula is C13H26BrN. The average Bonchev–Trinajstić information content (AvgIpc) is 2.23. The van der Waals surface area contributed by atoms with Gasteiger partial charge in [-0.2, -0.15) is 0 Å². The van der Waals surface area contributed by atoms with Gasteiger partial charge in [0, 0.05) is 24.1 Å². The minimum absolute atomic E-state index is 1.04. The van der Waals surface area contributed by atoms with Gasteiger partial charge in [0.15, 0.2) is 0 Å². The van der Waals surface area contributed by atoms with Gasteiger partial charge in [-0.1, -0.05) is 42.3 Å². The van der Waals surface area contributed by atoms with E-state index in [0.29, 0.717) is 0 Å². The first-order chi connectivity index (χ1) is 7.33. The largest absolute Gasteiger partial charge is 0.374 e. The van der Waals surface area contributed by atoms with Crippen LogP contribution in [0.4, 0.5) is 0 Å². The van der Waals surface area contributed by atoms with E-state index in [1.54, 1.807) is 11.3 Å². The van der Waals surface area contributed by atoms with Crippen LogP contribution in [-0.4, -0.2) is 23.3 Å². The number of alkyl halides is 1. The van der Waals surface area contributed by atoms with E-state index in [4.69, 9.17) is 0 Å². The highest BCUT2D eigenvalue weighted by atomic mass is 79.9. The minimum atomic E-state index is 1.04. The van der Waals surface area contributed by atoms with Crippen molar-refractivity contribution in [3.63, 3.8) is 0 Å². The molecule has 1 aliphatic rings. The molecule has 2 heteroatoms. The summed E-state index contributed by atoms with van der Waals surface area (Å²) in [5.74, 6) is 0. The van der Waals surface area contributed by atoms with Crippen LogP contribution in [0.1, 0.15) is 53.4 Å². The van der Waals surface area contributed by atoms with E-state index in [1.165, 1.54) is 32.2 Å². The molecular weight excluding hydrogens is 250 g/mol. The van der Waals surface area contributed by atoms with E-state index in [9.17, 15) is 0 Å². The third-order valence-corrected chi connectivity index (χ3v) is 3.28. The molecule has 1 rings (SSSR count). The molecule has 1 fully saturated rings. The Balaban J connectivity index is 0.000000921. The summed E-state index contributed by atoms with van der Waals surface area (Å²) in [6, 6.07) is 0. The topological polar surface area (TPSA) is 3.24 Å². The smallest absolute Gasteiger partial charge is 0.0432 e. The third kappa shape index (κ3) is 4.58. The molecule has 1 aliphatic carbocycles. The molecule has 0 N–H and O–H groups in total. The van der Waals surface area contributed by atoms with Crippen molar-refractivity contribution in [3.8, 4) is 0 Å². The van der Waals surface area contributed by atoms with Gasteiger partial charge in [-0.25, -0.2) is 0 Å². The average molecular weight is 276 g/mol. The summed E-state index contributed by atoms with van der Waals surface area (Å²) >= 11 is 3.60. The predicted molar refractivity (Wildman–Crippen MR) is 73.6 cm³/mol. The number of hydrogen-bond acceptors (Lipinski definition) is 1. The SMILES string of the molecule is CC.CCCN(CC)C(CBr)=C1CCC1. The number of halogens is 1. The van der Waals surface area contributed by atoms with Gasteiger partial charge < -0.3 is 4.90 Å². The third-order valence-electron chi connectivity index (χ3n) is 2.75. The van der Waals surface area contributed by atoms with Crippen molar-refractivity contribution in [2.75, 3.05) is 18.4 Å². The Kier molecular flexibility index (Phi) is 9.27. The van der Waals surface area contributed by atoms with Crippen molar-refractivity contribution in [1.29, 1.82) is 0 Å². The van der Waals surface area contributed by atoms with Crippen LogP contribution < -0.4 is 0 Å². The molecule has 1 saturated carbocycles. The summed E-state index contributed by atoms with van der Waals surface area (Å²) in [5.41, 5.74) is 3.25. The standard InChI is InChI=1S/C11H20BrN.C2H6/c1-3-8-13(4-2)11(9-12)10-6-5-7-10;1-2/h3-9H2,1-2H3;1-2H3. The molecule has 0 bridgehead atoms. The van der Waals surface area contributed by atoms with Gasteiger partial charge in [0.05, 0.1) is 0 Å². The summed E-state index contributed by atoms with van der Waals surface area (Å²) in [4.78, 5) is 2.52. The van der Waals surface area contributed by atoms with Crippen molar-refractivity contribution >= 4 is 15.9 Å². The predicted octanol–water partition coefficient (Wildman–Crippen LogP) is 4.58. The van der Waals surface area contributed by atoms with Crippen LogP contribution in [-0.2, 0) is 0 Å². The highest BCUT2D eigenvalue weighted by Crippen LogP contribution is 2.31. The normalized spacial score (nSPS) is 13.8. The van der Waals surface area contributed by atoms with Crippen LogP contribution in [0.5, 0.6) is 0 Å². The first kappa shape index (κ1) is 15.0. The Morgan fingerprint density at radius 2 is 1.87 bits per heavy atom. The fourth-order valence-corrected chi connectivity index (χ4v) is 2.55. The lowest BCUT2D eigenvalue weighted by atomic mass is 9.90. The molecule has 0 unspecified atom stereocenters. The molecule has 0 spiro atoms. The fraction of sp³-hybridized carbons (Fsp3) is 0.846. The van der Waals surface area contributed by atoms with Gasteiger partial charge >= 0.3 is 0 Å². The highest BCUT2D eigenvalue weighted by molar-refractivity contribution is 9.09. The molecule has 0 aliphatic heterocycles. The number of nitrogens with zero attached hydrogens (tertiary/aromatic N) is 1. The molecule has 0 aromatic carbocycles. The molecule has 0 amide bonds. The van der Waals surface area contributed by atoms with Crippen LogP contribution in [0, 0.1) is 0 Å². The maximum Gasteiger partial charge on any atom is 0.0432 e. The van der Waals surface area contributed by atoms with Crippen molar-refractivity contribution in [1.82, 2.24) is 4.90 Å². The van der Waals surface area contributed by atoms with Gasteiger partial charge in [-0.3, -0.25) is 0 Å². The monoisotopic (exact) mass is 275 g/mol. The van der Waals surface area contributed by atoms with E-state index in [0.717, 1.165) is 11.9 Å². The van der Waals surface area contributed by atoms with Crippen molar-refractivity contribution in [2.45, 2.75) is 53.4 Å². The first-order valence-corrected chi connectivity index (χ1v) is 7.47. The lowest BCUT2D eigenvalue weighted by Crippen LogP contribution is -2.27. The molecule has 90 valence electrons. The lowest BCUT2D eigenvalue weighted by molar-refractivity contribution is 0.353. The minimum Gasteiger partial charge on any atom is -0.374 e.